The lowest BCUT2D eigenvalue weighted by Gasteiger charge is -2.38. The molecule has 3 aromatic rings. The summed E-state index contributed by atoms with van der Waals surface area (Å²) in [5, 5.41) is 21.4. The van der Waals surface area contributed by atoms with Gasteiger partial charge in [0.1, 0.15) is 12.1 Å². The van der Waals surface area contributed by atoms with Crippen LogP contribution in [0.1, 0.15) is 32.6 Å². The number of carboxylic acids is 1. The Bertz CT molecular complexity index is 1440. The van der Waals surface area contributed by atoms with E-state index < -0.39 is 34.0 Å². The number of fused-ring (bicyclic) bond motifs is 3. The van der Waals surface area contributed by atoms with Crippen molar-refractivity contribution in [2.75, 3.05) is 13.1 Å². The highest BCUT2D eigenvalue weighted by molar-refractivity contribution is 7.89. The molecule has 2 aromatic carbocycles. The zero-order chi connectivity index (χ0) is 26.7. The van der Waals surface area contributed by atoms with Gasteiger partial charge in [-0.3, -0.25) is 10.2 Å². The zero-order valence-corrected chi connectivity index (χ0v) is 22.1. The summed E-state index contributed by atoms with van der Waals surface area (Å²) in [6, 6.07) is 10.5. The summed E-state index contributed by atoms with van der Waals surface area (Å²) in [6.45, 7) is 2.45. The number of nitrogens with zero attached hydrogens (tertiary/aromatic N) is 1. The number of piperidine rings is 1. The lowest BCUT2D eigenvalue weighted by molar-refractivity contribution is -0.153. The van der Waals surface area contributed by atoms with Gasteiger partial charge in [0.2, 0.25) is 15.9 Å². The number of carboxylic acid groups (broad SMARTS) is 1. The van der Waals surface area contributed by atoms with Crippen LogP contribution in [0.4, 0.5) is 0 Å². The number of rotatable bonds is 9. The minimum Gasteiger partial charge on any atom is -0.480 e. The fourth-order valence-electron chi connectivity index (χ4n) is 4.73. The van der Waals surface area contributed by atoms with E-state index in [9.17, 15) is 23.1 Å². The van der Waals surface area contributed by atoms with Gasteiger partial charge in [-0.15, -0.1) is 11.3 Å². The Morgan fingerprint density at radius 1 is 1.22 bits per heavy atom. The Balaban J connectivity index is 1.62. The molecule has 12 heteroatoms. The number of hydrogen-bond acceptors (Lipinski definition) is 6. The Hall–Kier alpha value is -3.22. The van der Waals surface area contributed by atoms with E-state index in [4.69, 9.17) is 11.1 Å². The molecule has 0 unspecified atom stereocenters. The number of carbonyl (C=O) groups is 2. The third-order valence-electron chi connectivity index (χ3n) is 6.67. The highest BCUT2D eigenvalue weighted by atomic mass is 32.2. The molecule has 1 saturated heterocycles. The van der Waals surface area contributed by atoms with Gasteiger partial charge in [0.25, 0.3) is 0 Å². The summed E-state index contributed by atoms with van der Waals surface area (Å²) in [5.41, 5.74) is 5.33. The molecule has 3 atom stereocenters. The average Bonchev–Trinajstić information content (AvgIpc) is 3.23. The normalized spacial score (nSPS) is 19.1. The minimum absolute atomic E-state index is 0.0327. The molecule has 0 saturated carbocycles. The molecule has 1 aromatic heterocycles. The number of likely N-dealkylation sites (tertiary alicyclic amines) is 1. The van der Waals surface area contributed by atoms with Crippen LogP contribution in [0.3, 0.4) is 0 Å². The molecule has 1 aliphatic rings. The molecular weight excluding hydrogens is 514 g/mol. The third-order valence-corrected chi connectivity index (χ3v) is 9.29. The smallest absolute Gasteiger partial charge is 0.326 e. The van der Waals surface area contributed by atoms with E-state index in [2.05, 4.69) is 10.0 Å². The van der Waals surface area contributed by atoms with Crippen LogP contribution < -0.4 is 15.8 Å². The molecule has 1 amide bonds. The van der Waals surface area contributed by atoms with Crippen LogP contribution in [0, 0.1) is 11.3 Å². The molecular formula is C25H31N5O5S2. The maximum atomic E-state index is 13.6. The number of nitrogens with two attached hydrogens (primary N) is 1. The molecule has 1 aliphatic heterocycles. The second-order valence-corrected chi connectivity index (χ2v) is 12.2. The summed E-state index contributed by atoms with van der Waals surface area (Å²) >= 11 is 1.57. The van der Waals surface area contributed by atoms with Crippen molar-refractivity contribution in [3.63, 3.8) is 0 Å². The number of sulfonamides is 1. The standard InChI is InChI=1S/C25H31N5O5S2/c1-15-10-12-30(20(13-15)24(32)33)23(31)19(6-4-11-28-25(26)27)29-37(34,35)16-8-9-22-18(14-16)17-5-2-3-7-21(17)36-22/h2-3,5,7-9,14-15,19-20,29H,4,6,10-13H2,1H3,(H,32,33)(H4,26,27,28)/t15-,19+,20-/m1/s1. The fraction of sp³-hybridized carbons (Fsp3) is 0.400. The summed E-state index contributed by atoms with van der Waals surface area (Å²) in [5.74, 6) is -1.75. The van der Waals surface area contributed by atoms with Crippen molar-refractivity contribution in [3.05, 3.63) is 42.5 Å². The van der Waals surface area contributed by atoms with Crippen molar-refractivity contribution in [2.45, 2.75) is 49.6 Å². The van der Waals surface area contributed by atoms with Crippen LogP contribution in [-0.4, -0.2) is 61.4 Å². The van der Waals surface area contributed by atoms with E-state index in [1.807, 2.05) is 31.2 Å². The van der Waals surface area contributed by atoms with Gasteiger partial charge in [0.05, 0.1) is 4.90 Å². The predicted molar refractivity (Wildman–Crippen MR) is 144 cm³/mol. The Kier molecular flexibility index (Phi) is 8.00. The number of benzene rings is 2. The largest absolute Gasteiger partial charge is 0.480 e. The van der Waals surface area contributed by atoms with Crippen molar-refractivity contribution in [1.29, 1.82) is 5.41 Å². The number of hydrogen-bond donors (Lipinski definition) is 5. The fourth-order valence-corrected chi connectivity index (χ4v) is 7.07. The van der Waals surface area contributed by atoms with E-state index >= 15 is 0 Å². The van der Waals surface area contributed by atoms with Gasteiger partial charge < -0.3 is 21.1 Å². The number of amides is 1. The lowest BCUT2D eigenvalue weighted by atomic mass is 9.91. The van der Waals surface area contributed by atoms with Crippen LogP contribution in [0.2, 0.25) is 0 Å². The molecule has 0 bridgehead atoms. The van der Waals surface area contributed by atoms with E-state index in [0.29, 0.717) is 19.3 Å². The number of guanidine groups is 1. The summed E-state index contributed by atoms with van der Waals surface area (Å²) in [4.78, 5) is 26.8. The van der Waals surface area contributed by atoms with Gasteiger partial charge in [0.15, 0.2) is 5.96 Å². The monoisotopic (exact) mass is 545 g/mol. The van der Waals surface area contributed by atoms with Crippen molar-refractivity contribution < 1.29 is 23.1 Å². The first-order valence-corrected chi connectivity index (χ1v) is 14.4. The van der Waals surface area contributed by atoms with E-state index in [1.54, 1.807) is 23.5 Å². The Morgan fingerprint density at radius 3 is 2.68 bits per heavy atom. The second-order valence-electron chi connectivity index (χ2n) is 9.43. The van der Waals surface area contributed by atoms with Gasteiger partial charge in [-0.2, -0.15) is 4.72 Å². The molecule has 4 rings (SSSR count). The molecule has 0 spiro atoms. The summed E-state index contributed by atoms with van der Waals surface area (Å²) < 4.78 is 31.5. The van der Waals surface area contributed by atoms with Crippen molar-refractivity contribution in [3.8, 4) is 0 Å². The molecule has 10 nitrogen and oxygen atoms in total. The van der Waals surface area contributed by atoms with E-state index in [-0.39, 0.29) is 36.3 Å². The number of aliphatic carboxylic acids is 1. The van der Waals surface area contributed by atoms with Gasteiger partial charge in [-0.25, -0.2) is 13.2 Å². The molecule has 6 N–H and O–H groups in total. The molecule has 0 aliphatic carbocycles. The maximum Gasteiger partial charge on any atom is 0.326 e. The third kappa shape index (κ3) is 6.03. The lowest BCUT2D eigenvalue weighted by Crippen LogP contribution is -2.56. The highest BCUT2D eigenvalue weighted by Gasteiger charge is 2.38. The highest BCUT2D eigenvalue weighted by Crippen LogP contribution is 2.35. The average molecular weight is 546 g/mol. The van der Waals surface area contributed by atoms with E-state index in [0.717, 1.165) is 20.2 Å². The van der Waals surface area contributed by atoms with Crippen LogP contribution in [0.5, 0.6) is 0 Å². The molecule has 0 radical (unpaired) electrons. The van der Waals surface area contributed by atoms with Gasteiger partial charge in [-0.1, -0.05) is 25.1 Å². The number of carbonyl (C=O) groups excluding carboxylic acids is 1. The van der Waals surface area contributed by atoms with Crippen molar-refractivity contribution in [2.24, 2.45) is 11.7 Å². The predicted octanol–water partition coefficient (Wildman–Crippen LogP) is 2.68. The van der Waals surface area contributed by atoms with Crippen LogP contribution >= 0.6 is 11.3 Å². The van der Waals surface area contributed by atoms with Crippen LogP contribution in [0.15, 0.2) is 47.4 Å². The van der Waals surface area contributed by atoms with Gasteiger partial charge in [-0.05, 0) is 55.9 Å². The molecule has 2 heterocycles. The van der Waals surface area contributed by atoms with Gasteiger partial charge >= 0.3 is 5.97 Å². The Morgan fingerprint density at radius 2 is 1.95 bits per heavy atom. The van der Waals surface area contributed by atoms with Crippen molar-refractivity contribution >= 4 is 59.4 Å². The molecule has 1 fully saturated rings. The van der Waals surface area contributed by atoms with Crippen molar-refractivity contribution in [1.82, 2.24) is 14.9 Å². The topological polar surface area (TPSA) is 166 Å². The maximum absolute atomic E-state index is 13.6. The summed E-state index contributed by atoms with van der Waals surface area (Å²) in [7, 11) is -4.11. The Labute approximate surface area is 219 Å². The first-order chi connectivity index (χ1) is 17.6. The number of thiophene rings is 1. The van der Waals surface area contributed by atoms with Gasteiger partial charge in [0, 0.05) is 33.3 Å². The van der Waals surface area contributed by atoms with Crippen LogP contribution in [-0.2, 0) is 19.6 Å². The first kappa shape index (κ1) is 26.8. The number of nitrogens with one attached hydrogen (secondary N) is 3. The second kappa shape index (κ2) is 11.0. The molecule has 198 valence electrons. The summed E-state index contributed by atoms with van der Waals surface area (Å²) in [6.07, 6.45) is 1.41. The molecule has 37 heavy (non-hydrogen) atoms. The SMILES string of the molecule is C[C@@H]1CCN(C(=O)[C@H](CCCNC(=N)N)NS(=O)(=O)c2ccc3sc4ccccc4c3c2)[C@@H](C(=O)O)C1. The quantitative estimate of drug-likeness (QED) is 0.157. The minimum atomic E-state index is -4.11. The first-order valence-electron chi connectivity index (χ1n) is 12.1. The van der Waals surface area contributed by atoms with E-state index in [1.165, 1.54) is 11.0 Å². The zero-order valence-electron chi connectivity index (χ0n) is 20.4. The van der Waals surface area contributed by atoms with Crippen LogP contribution in [0.25, 0.3) is 20.2 Å².